The van der Waals surface area contributed by atoms with Crippen LogP contribution in [0.4, 0.5) is 0 Å². The quantitative estimate of drug-likeness (QED) is 0.591. The lowest BCUT2D eigenvalue weighted by Crippen LogP contribution is -1.90. The summed E-state index contributed by atoms with van der Waals surface area (Å²) < 4.78 is 9.89. The molecule has 0 amide bonds. The van der Waals surface area contributed by atoms with Crippen molar-refractivity contribution in [1.82, 2.24) is 0 Å². The van der Waals surface area contributed by atoms with Crippen LogP contribution in [0.15, 0.2) is 36.6 Å². The van der Waals surface area contributed by atoms with E-state index in [2.05, 4.69) is 12.1 Å². The number of esters is 1. The Balaban J connectivity index is 1.89. The number of benzene rings is 1. The van der Waals surface area contributed by atoms with Crippen LogP contribution in [0.5, 0.6) is 5.75 Å². The van der Waals surface area contributed by atoms with E-state index in [1.54, 1.807) is 7.11 Å². The van der Waals surface area contributed by atoms with Gasteiger partial charge in [-0.1, -0.05) is 12.1 Å². The van der Waals surface area contributed by atoms with Crippen molar-refractivity contribution in [2.45, 2.75) is 19.3 Å². The van der Waals surface area contributed by atoms with E-state index in [0.717, 1.165) is 12.2 Å². The monoisotopic (exact) mass is 232 g/mol. The Morgan fingerprint density at radius 3 is 2.65 bits per heavy atom. The number of ether oxygens (including phenoxy) is 2. The van der Waals surface area contributed by atoms with Crippen LogP contribution in [-0.2, 0) is 9.53 Å². The molecule has 0 spiro atoms. The highest BCUT2D eigenvalue weighted by molar-refractivity contribution is 5.66. The van der Waals surface area contributed by atoms with Gasteiger partial charge in [0.25, 0.3) is 0 Å². The number of rotatable bonds is 4. The fourth-order valence-corrected chi connectivity index (χ4v) is 1.90. The molecule has 1 aromatic carbocycles. The van der Waals surface area contributed by atoms with Crippen molar-refractivity contribution in [3.63, 3.8) is 0 Å². The Hall–Kier alpha value is -1.77. The summed E-state index contributed by atoms with van der Waals surface area (Å²) >= 11 is 0. The summed E-state index contributed by atoms with van der Waals surface area (Å²) in [5.41, 5.74) is 1.31. The molecule has 0 unspecified atom stereocenters. The van der Waals surface area contributed by atoms with E-state index < -0.39 is 0 Å². The average molecular weight is 232 g/mol. The molecule has 0 saturated heterocycles. The minimum atomic E-state index is -0.275. The van der Waals surface area contributed by atoms with Crippen LogP contribution < -0.4 is 4.74 Å². The van der Waals surface area contributed by atoms with Gasteiger partial charge in [-0.15, -0.1) is 0 Å². The first-order valence-corrected chi connectivity index (χ1v) is 5.68. The Bertz CT molecular complexity index is 420. The van der Waals surface area contributed by atoms with Crippen LogP contribution in [0.25, 0.3) is 0 Å². The van der Waals surface area contributed by atoms with Gasteiger partial charge in [-0.2, -0.15) is 0 Å². The Morgan fingerprint density at radius 2 is 2.06 bits per heavy atom. The summed E-state index contributed by atoms with van der Waals surface area (Å²) in [6, 6.07) is 8.12. The summed E-state index contributed by atoms with van der Waals surface area (Å²) in [5, 5.41) is 0. The molecule has 0 aliphatic heterocycles. The zero-order valence-electron chi connectivity index (χ0n) is 10.1. The van der Waals surface area contributed by atoms with Crippen LogP contribution in [-0.4, -0.2) is 13.1 Å². The molecule has 1 fully saturated rings. The summed E-state index contributed by atoms with van der Waals surface area (Å²) in [6.45, 7) is 1.40. The molecule has 1 saturated carbocycles. The van der Waals surface area contributed by atoms with Crippen LogP contribution in [0, 0.1) is 5.92 Å². The van der Waals surface area contributed by atoms with E-state index in [0.29, 0.717) is 11.8 Å². The molecule has 0 bridgehead atoms. The second-order valence-corrected chi connectivity index (χ2v) is 4.22. The van der Waals surface area contributed by atoms with Crippen LogP contribution >= 0.6 is 0 Å². The Labute approximate surface area is 101 Å². The first kappa shape index (κ1) is 11.7. The van der Waals surface area contributed by atoms with Gasteiger partial charge in [0.15, 0.2) is 0 Å². The second-order valence-electron chi connectivity index (χ2n) is 4.22. The molecule has 1 aromatic rings. The van der Waals surface area contributed by atoms with Gasteiger partial charge < -0.3 is 9.47 Å². The predicted octanol–water partition coefficient (Wildman–Crippen LogP) is 2.88. The number of carbonyl (C=O) groups is 1. The third kappa shape index (κ3) is 3.09. The molecular weight excluding hydrogens is 216 g/mol. The molecule has 90 valence electrons. The summed E-state index contributed by atoms with van der Waals surface area (Å²) in [7, 11) is 1.66. The molecular formula is C14H16O3. The lowest BCUT2D eigenvalue weighted by Gasteiger charge is -2.01. The number of hydrogen-bond donors (Lipinski definition) is 0. The zero-order valence-corrected chi connectivity index (χ0v) is 10.1. The lowest BCUT2D eigenvalue weighted by atomic mass is 10.1. The van der Waals surface area contributed by atoms with E-state index in [1.165, 1.54) is 18.7 Å². The normalized spacial score (nSPS) is 22.5. The molecule has 17 heavy (non-hydrogen) atoms. The third-order valence-electron chi connectivity index (χ3n) is 2.94. The van der Waals surface area contributed by atoms with E-state index in [-0.39, 0.29) is 5.97 Å². The molecule has 3 nitrogen and oxygen atoms in total. The van der Waals surface area contributed by atoms with Gasteiger partial charge in [0.2, 0.25) is 0 Å². The van der Waals surface area contributed by atoms with Gasteiger partial charge in [-0.25, -0.2) is 0 Å². The Kier molecular flexibility index (Phi) is 3.47. The minimum Gasteiger partial charge on any atom is -0.497 e. The maximum atomic E-state index is 10.6. The van der Waals surface area contributed by atoms with Gasteiger partial charge in [0.1, 0.15) is 5.75 Å². The van der Waals surface area contributed by atoms with E-state index in [1.807, 2.05) is 18.2 Å². The molecule has 0 aromatic heterocycles. The minimum absolute atomic E-state index is 0.275. The van der Waals surface area contributed by atoms with Crippen molar-refractivity contribution >= 4 is 5.97 Å². The first-order valence-electron chi connectivity index (χ1n) is 5.68. The van der Waals surface area contributed by atoms with Gasteiger partial charge in [0.05, 0.1) is 13.4 Å². The fraction of sp³-hybridized carbons (Fsp3) is 0.357. The Morgan fingerprint density at radius 1 is 1.35 bits per heavy atom. The zero-order chi connectivity index (χ0) is 12.3. The average Bonchev–Trinajstić information content (AvgIpc) is 3.08. The predicted molar refractivity (Wildman–Crippen MR) is 64.7 cm³/mol. The number of methoxy groups -OCH3 is 1. The largest absolute Gasteiger partial charge is 0.497 e. The number of allylic oxidation sites excluding steroid dienone is 1. The smallest absolute Gasteiger partial charge is 0.307 e. The van der Waals surface area contributed by atoms with Gasteiger partial charge in [-0.05, 0) is 42.0 Å². The highest BCUT2D eigenvalue weighted by Gasteiger charge is 2.36. The third-order valence-corrected chi connectivity index (χ3v) is 2.94. The van der Waals surface area contributed by atoms with Crippen molar-refractivity contribution < 1.29 is 14.3 Å². The second kappa shape index (κ2) is 5.04. The summed E-state index contributed by atoms with van der Waals surface area (Å²) in [6.07, 6.45) is 4.57. The van der Waals surface area contributed by atoms with Gasteiger partial charge >= 0.3 is 5.97 Å². The van der Waals surface area contributed by atoms with Crippen LogP contribution in [0.3, 0.4) is 0 Å². The van der Waals surface area contributed by atoms with Gasteiger partial charge in [-0.3, -0.25) is 4.79 Å². The number of hydrogen-bond acceptors (Lipinski definition) is 3. The molecule has 0 heterocycles. The van der Waals surface area contributed by atoms with E-state index >= 15 is 0 Å². The topological polar surface area (TPSA) is 35.5 Å². The maximum Gasteiger partial charge on any atom is 0.307 e. The summed E-state index contributed by atoms with van der Waals surface area (Å²) in [5.74, 6) is 1.64. The maximum absolute atomic E-state index is 10.6. The molecule has 3 heteroatoms. The first-order chi connectivity index (χ1) is 8.20. The van der Waals surface area contributed by atoms with E-state index in [4.69, 9.17) is 9.47 Å². The van der Waals surface area contributed by atoms with Crippen LogP contribution in [0.2, 0.25) is 0 Å². The molecule has 0 N–H and O–H groups in total. The van der Waals surface area contributed by atoms with Crippen molar-refractivity contribution in [2.75, 3.05) is 7.11 Å². The molecule has 1 aliphatic rings. The molecule has 2 atom stereocenters. The molecule has 1 aliphatic carbocycles. The van der Waals surface area contributed by atoms with E-state index in [9.17, 15) is 4.79 Å². The molecule has 0 radical (unpaired) electrons. The molecule has 2 rings (SSSR count). The highest BCUT2D eigenvalue weighted by Crippen LogP contribution is 2.48. The SMILES string of the molecule is COc1ccc([C@@H]2C[C@@H]2/C=C/OC(C)=O)cc1. The van der Waals surface area contributed by atoms with Crippen LogP contribution in [0.1, 0.15) is 24.8 Å². The van der Waals surface area contributed by atoms with Gasteiger partial charge in [0, 0.05) is 6.92 Å². The highest BCUT2D eigenvalue weighted by atomic mass is 16.5. The van der Waals surface area contributed by atoms with Crippen molar-refractivity contribution in [1.29, 1.82) is 0 Å². The van der Waals surface area contributed by atoms with Crippen molar-refractivity contribution in [3.05, 3.63) is 42.2 Å². The lowest BCUT2D eigenvalue weighted by molar-refractivity contribution is -0.135. The van der Waals surface area contributed by atoms with Crippen molar-refractivity contribution in [2.24, 2.45) is 5.92 Å². The van der Waals surface area contributed by atoms with Crippen molar-refractivity contribution in [3.8, 4) is 5.75 Å². The standard InChI is InChI=1S/C14H16O3/c1-10(15)17-8-7-12-9-14(12)11-3-5-13(16-2)6-4-11/h3-8,12,14H,9H2,1-2H3/b8-7+/t12-,14-/m0/s1. The summed E-state index contributed by atoms with van der Waals surface area (Å²) in [4.78, 5) is 10.6. The number of carbonyl (C=O) groups excluding carboxylic acids is 1. The fourth-order valence-electron chi connectivity index (χ4n) is 1.90.